The third kappa shape index (κ3) is 3.88. The number of likely N-dealkylation sites (tertiary alicyclic amines) is 1. The highest BCUT2D eigenvalue weighted by molar-refractivity contribution is 5.85. The van der Waals surface area contributed by atoms with Gasteiger partial charge >= 0.3 is 0 Å². The van der Waals surface area contributed by atoms with Gasteiger partial charge in [0.05, 0.1) is 0 Å². The number of hydrogen-bond donors (Lipinski definition) is 1. The molecule has 108 valence electrons. The molecule has 0 spiro atoms. The molecule has 1 aromatic carbocycles. The molecule has 1 atom stereocenters. The van der Waals surface area contributed by atoms with Crippen LogP contribution in [0, 0.1) is 17.0 Å². The molecule has 1 unspecified atom stereocenters. The first-order valence-electron chi connectivity index (χ1n) is 6.30. The highest BCUT2D eigenvalue weighted by Gasteiger charge is 2.33. The van der Waals surface area contributed by atoms with Crippen LogP contribution >= 0.6 is 12.4 Å². The van der Waals surface area contributed by atoms with Crippen molar-refractivity contribution in [3.8, 4) is 0 Å². The van der Waals surface area contributed by atoms with Crippen LogP contribution in [-0.4, -0.2) is 24.0 Å². The van der Waals surface area contributed by atoms with Gasteiger partial charge in [0.2, 0.25) is 0 Å². The summed E-state index contributed by atoms with van der Waals surface area (Å²) in [4.78, 5) is 2.18. The highest BCUT2D eigenvalue weighted by atomic mass is 35.5. The van der Waals surface area contributed by atoms with Crippen LogP contribution in [0.1, 0.15) is 25.8 Å². The Balaban J connectivity index is 0.00000180. The number of piperidine rings is 1. The molecule has 1 aromatic rings. The summed E-state index contributed by atoms with van der Waals surface area (Å²) < 4.78 is 26.4. The zero-order chi connectivity index (χ0) is 13.3. The zero-order valence-corrected chi connectivity index (χ0v) is 12.1. The number of rotatable bonds is 2. The van der Waals surface area contributed by atoms with Crippen molar-refractivity contribution in [2.75, 3.05) is 13.1 Å². The van der Waals surface area contributed by atoms with Crippen LogP contribution in [0.4, 0.5) is 8.78 Å². The second-order valence-electron chi connectivity index (χ2n) is 5.83. The van der Waals surface area contributed by atoms with Gasteiger partial charge in [-0.25, -0.2) is 8.78 Å². The number of nitrogens with zero attached hydrogens (tertiary/aromatic N) is 1. The molecule has 1 heterocycles. The Morgan fingerprint density at radius 3 is 2.63 bits per heavy atom. The summed E-state index contributed by atoms with van der Waals surface area (Å²) in [5.74, 6) is -1.00. The number of benzene rings is 1. The van der Waals surface area contributed by atoms with E-state index in [-0.39, 0.29) is 23.9 Å². The third-order valence-electron chi connectivity index (χ3n) is 3.80. The fourth-order valence-corrected chi connectivity index (χ4v) is 2.51. The van der Waals surface area contributed by atoms with Gasteiger partial charge in [0.25, 0.3) is 0 Å². The average molecular weight is 291 g/mol. The Hall–Kier alpha value is -0.710. The first-order valence-corrected chi connectivity index (χ1v) is 6.30. The van der Waals surface area contributed by atoms with Crippen molar-refractivity contribution in [3.05, 3.63) is 35.4 Å². The number of hydrogen-bond acceptors (Lipinski definition) is 2. The molecule has 2 N–H and O–H groups in total. The quantitative estimate of drug-likeness (QED) is 0.907. The Kier molecular flexibility index (Phi) is 5.30. The van der Waals surface area contributed by atoms with E-state index >= 15 is 0 Å². The molecule has 0 radical (unpaired) electrons. The summed E-state index contributed by atoms with van der Waals surface area (Å²) in [6.07, 6.45) is 0.913. The van der Waals surface area contributed by atoms with Gasteiger partial charge in [-0.05, 0) is 17.9 Å². The van der Waals surface area contributed by atoms with Crippen molar-refractivity contribution in [3.63, 3.8) is 0 Å². The minimum Gasteiger partial charge on any atom is -0.327 e. The molecule has 0 aliphatic carbocycles. The summed E-state index contributed by atoms with van der Waals surface area (Å²) in [7, 11) is 0. The predicted octanol–water partition coefficient (Wildman–Crippen LogP) is 2.95. The second-order valence-corrected chi connectivity index (χ2v) is 5.83. The van der Waals surface area contributed by atoms with Gasteiger partial charge < -0.3 is 5.73 Å². The zero-order valence-electron chi connectivity index (χ0n) is 11.3. The van der Waals surface area contributed by atoms with Crippen molar-refractivity contribution >= 4 is 12.4 Å². The predicted molar refractivity (Wildman–Crippen MR) is 75.3 cm³/mol. The van der Waals surface area contributed by atoms with E-state index in [2.05, 4.69) is 18.7 Å². The summed E-state index contributed by atoms with van der Waals surface area (Å²) in [5.41, 5.74) is 6.65. The first-order chi connectivity index (χ1) is 8.38. The van der Waals surface area contributed by atoms with Crippen molar-refractivity contribution < 1.29 is 8.78 Å². The van der Waals surface area contributed by atoms with Crippen LogP contribution in [0.15, 0.2) is 18.2 Å². The smallest absolute Gasteiger partial charge is 0.130 e. The monoisotopic (exact) mass is 290 g/mol. The molecular weight excluding hydrogens is 270 g/mol. The van der Waals surface area contributed by atoms with Crippen LogP contribution in [0.2, 0.25) is 0 Å². The molecular formula is C14H21ClF2N2. The van der Waals surface area contributed by atoms with E-state index in [4.69, 9.17) is 5.73 Å². The molecule has 0 saturated carbocycles. The SMILES string of the molecule is CC1(C)CN(Cc2ccc(F)cc2F)CCC1N.Cl. The molecule has 1 saturated heterocycles. The largest absolute Gasteiger partial charge is 0.327 e. The van der Waals surface area contributed by atoms with Gasteiger partial charge in [0.1, 0.15) is 11.6 Å². The Labute approximate surface area is 119 Å². The molecule has 0 amide bonds. The standard InChI is InChI=1S/C14H20F2N2.ClH/c1-14(2)9-18(6-5-13(14)17)8-10-3-4-11(15)7-12(10)16;/h3-4,7,13H,5-6,8-9,17H2,1-2H3;1H. The summed E-state index contributed by atoms with van der Waals surface area (Å²) in [6, 6.07) is 3.95. The average Bonchev–Trinajstić information content (AvgIpc) is 2.27. The molecule has 1 aliphatic rings. The lowest BCUT2D eigenvalue weighted by molar-refractivity contribution is 0.0890. The van der Waals surface area contributed by atoms with Crippen LogP contribution in [0.3, 0.4) is 0 Å². The van der Waals surface area contributed by atoms with Crippen LogP contribution in [0.25, 0.3) is 0 Å². The third-order valence-corrected chi connectivity index (χ3v) is 3.80. The topological polar surface area (TPSA) is 29.3 Å². The van der Waals surface area contributed by atoms with Crippen molar-refractivity contribution in [1.29, 1.82) is 0 Å². The molecule has 5 heteroatoms. The van der Waals surface area contributed by atoms with Crippen LogP contribution in [-0.2, 0) is 6.54 Å². The van der Waals surface area contributed by atoms with Gasteiger partial charge in [0.15, 0.2) is 0 Å². The lowest BCUT2D eigenvalue weighted by Crippen LogP contribution is -2.52. The number of halogens is 3. The molecule has 0 bridgehead atoms. The van der Waals surface area contributed by atoms with E-state index in [9.17, 15) is 8.78 Å². The normalized spacial score (nSPS) is 22.9. The van der Waals surface area contributed by atoms with Gasteiger partial charge in [-0.15, -0.1) is 12.4 Å². The van der Waals surface area contributed by atoms with Crippen LogP contribution < -0.4 is 5.73 Å². The summed E-state index contributed by atoms with van der Waals surface area (Å²) in [6.45, 7) is 6.48. The van der Waals surface area contributed by atoms with E-state index in [1.807, 2.05) is 0 Å². The summed E-state index contributed by atoms with van der Waals surface area (Å²) in [5, 5.41) is 0. The maximum Gasteiger partial charge on any atom is 0.130 e. The first kappa shape index (κ1) is 16.3. The fraction of sp³-hybridized carbons (Fsp3) is 0.571. The minimum absolute atomic E-state index is 0. The molecule has 2 nitrogen and oxygen atoms in total. The van der Waals surface area contributed by atoms with Gasteiger partial charge in [-0.3, -0.25) is 4.90 Å². The van der Waals surface area contributed by atoms with Crippen molar-refractivity contribution in [1.82, 2.24) is 4.90 Å². The molecule has 19 heavy (non-hydrogen) atoms. The highest BCUT2D eigenvalue weighted by Crippen LogP contribution is 2.28. The van der Waals surface area contributed by atoms with E-state index in [1.165, 1.54) is 12.1 Å². The molecule has 1 fully saturated rings. The molecule has 0 aromatic heterocycles. The molecule has 1 aliphatic heterocycles. The van der Waals surface area contributed by atoms with E-state index in [1.54, 1.807) is 0 Å². The Bertz CT molecular complexity index is 437. The van der Waals surface area contributed by atoms with Gasteiger partial charge in [-0.2, -0.15) is 0 Å². The second kappa shape index (κ2) is 6.16. The lowest BCUT2D eigenvalue weighted by atomic mass is 9.79. The van der Waals surface area contributed by atoms with Crippen molar-refractivity contribution in [2.24, 2.45) is 11.1 Å². The maximum atomic E-state index is 13.6. The minimum atomic E-state index is -0.530. The van der Waals surface area contributed by atoms with E-state index < -0.39 is 11.6 Å². The Morgan fingerprint density at radius 2 is 2.05 bits per heavy atom. The van der Waals surface area contributed by atoms with Gasteiger partial charge in [-0.1, -0.05) is 19.9 Å². The van der Waals surface area contributed by atoms with E-state index in [0.717, 1.165) is 25.6 Å². The van der Waals surface area contributed by atoms with Gasteiger partial charge in [0, 0.05) is 37.3 Å². The fourth-order valence-electron chi connectivity index (χ4n) is 2.51. The van der Waals surface area contributed by atoms with Crippen LogP contribution in [0.5, 0.6) is 0 Å². The summed E-state index contributed by atoms with van der Waals surface area (Å²) >= 11 is 0. The molecule has 2 rings (SSSR count). The number of nitrogens with two attached hydrogens (primary N) is 1. The maximum absolute atomic E-state index is 13.6. The lowest BCUT2D eigenvalue weighted by Gasteiger charge is -2.42. The van der Waals surface area contributed by atoms with Crippen molar-refractivity contribution in [2.45, 2.75) is 32.9 Å². The van der Waals surface area contributed by atoms with E-state index in [0.29, 0.717) is 12.1 Å². The Morgan fingerprint density at radius 1 is 1.37 bits per heavy atom.